The van der Waals surface area contributed by atoms with E-state index in [1.807, 2.05) is 0 Å². The van der Waals surface area contributed by atoms with E-state index >= 15 is 0 Å². The van der Waals surface area contributed by atoms with Gasteiger partial charge in [-0.05, 0) is 35.6 Å². The second kappa shape index (κ2) is 4.98. The molecular weight excluding hydrogens is 216 g/mol. The Balaban J connectivity index is 2.91. The summed E-state index contributed by atoms with van der Waals surface area (Å²) in [6.07, 6.45) is 0. The zero-order chi connectivity index (χ0) is 11.4. The Kier molecular flexibility index (Phi) is 3.91. The van der Waals surface area contributed by atoms with Crippen LogP contribution in [-0.2, 0) is 0 Å². The molecule has 2 N–H and O–H groups in total. The number of benzene rings is 1. The number of thioether (sulfide) groups is 1. The van der Waals surface area contributed by atoms with Crippen LogP contribution >= 0.6 is 11.8 Å². The van der Waals surface area contributed by atoms with Gasteiger partial charge in [0.25, 0.3) is 0 Å². The maximum absolute atomic E-state index is 12.9. The first kappa shape index (κ1) is 11.8. The number of hydrogen-bond donors (Lipinski definition) is 1. The van der Waals surface area contributed by atoms with Gasteiger partial charge in [-0.3, -0.25) is 0 Å². The van der Waals surface area contributed by atoms with Crippen molar-refractivity contribution in [1.29, 1.82) is 0 Å². The number of hydrogen-bond acceptors (Lipinski definition) is 2. The molecule has 80 valence electrons. The summed E-state index contributed by atoms with van der Waals surface area (Å²) < 4.78 is 25.5. The molecule has 0 saturated heterocycles. The lowest BCUT2D eigenvalue weighted by atomic mass is 10.1. The van der Waals surface area contributed by atoms with Crippen molar-refractivity contribution in [3.8, 4) is 0 Å². The lowest BCUT2D eigenvalue weighted by Crippen LogP contribution is -1.88. The second-order valence-electron chi connectivity index (χ2n) is 3.01. The van der Waals surface area contributed by atoms with Crippen LogP contribution in [0.25, 0.3) is 5.57 Å². The van der Waals surface area contributed by atoms with Crippen molar-refractivity contribution in [2.45, 2.75) is 6.92 Å². The molecular formula is C11H11F2NS. The lowest BCUT2D eigenvalue weighted by Gasteiger charge is -2.02. The lowest BCUT2D eigenvalue weighted by molar-refractivity contribution is 0.508. The van der Waals surface area contributed by atoms with Crippen LogP contribution in [0.15, 0.2) is 35.2 Å². The third-order valence-electron chi connectivity index (χ3n) is 1.76. The maximum Gasteiger partial charge on any atom is 0.159 e. The summed E-state index contributed by atoms with van der Waals surface area (Å²) in [5.74, 6) is -1.70. The van der Waals surface area contributed by atoms with Crippen molar-refractivity contribution in [3.05, 3.63) is 52.4 Å². The fourth-order valence-corrected chi connectivity index (χ4v) is 1.44. The van der Waals surface area contributed by atoms with Crippen LogP contribution in [-0.4, -0.2) is 0 Å². The smallest absolute Gasteiger partial charge is 0.159 e. The molecule has 1 aromatic carbocycles. The predicted octanol–water partition coefficient (Wildman–Crippen LogP) is 3.49. The van der Waals surface area contributed by atoms with Gasteiger partial charge in [0.05, 0.1) is 5.03 Å². The first-order valence-electron chi connectivity index (χ1n) is 4.24. The van der Waals surface area contributed by atoms with E-state index in [4.69, 9.17) is 5.73 Å². The van der Waals surface area contributed by atoms with Gasteiger partial charge in [-0.15, -0.1) is 0 Å². The summed E-state index contributed by atoms with van der Waals surface area (Å²) in [4.78, 5) is 0. The molecule has 0 aliphatic carbocycles. The van der Waals surface area contributed by atoms with Crippen LogP contribution in [0.4, 0.5) is 8.78 Å². The zero-order valence-electron chi connectivity index (χ0n) is 8.26. The molecule has 1 nitrogen and oxygen atoms in total. The molecule has 0 bridgehead atoms. The van der Waals surface area contributed by atoms with Gasteiger partial charge >= 0.3 is 0 Å². The van der Waals surface area contributed by atoms with Gasteiger partial charge in [-0.2, -0.15) is 0 Å². The SMILES string of the molecule is C=C(N)S/C=C(\C)c1ccc(F)c(F)c1. The van der Waals surface area contributed by atoms with E-state index in [1.54, 1.807) is 12.3 Å². The minimum atomic E-state index is -0.850. The van der Waals surface area contributed by atoms with E-state index in [2.05, 4.69) is 6.58 Å². The van der Waals surface area contributed by atoms with E-state index in [1.165, 1.54) is 17.8 Å². The van der Waals surface area contributed by atoms with Crippen molar-refractivity contribution < 1.29 is 8.78 Å². The molecule has 0 amide bonds. The van der Waals surface area contributed by atoms with Gasteiger partial charge < -0.3 is 5.73 Å². The maximum atomic E-state index is 12.9. The van der Waals surface area contributed by atoms with Gasteiger partial charge in [0.2, 0.25) is 0 Å². The molecule has 4 heteroatoms. The summed E-state index contributed by atoms with van der Waals surface area (Å²) >= 11 is 1.25. The summed E-state index contributed by atoms with van der Waals surface area (Å²) in [5.41, 5.74) is 6.80. The third kappa shape index (κ3) is 3.40. The second-order valence-corrected chi connectivity index (χ2v) is 4.01. The van der Waals surface area contributed by atoms with Gasteiger partial charge in [0.15, 0.2) is 11.6 Å². The van der Waals surface area contributed by atoms with Crippen LogP contribution < -0.4 is 5.73 Å². The van der Waals surface area contributed by atoms with Crippen molar-refractivity contribution in [1.82, 2.24) is 0 Å². The number of nitrogens with two attached hydrogens (primary N) is 1. The fraction of sp³-hybridized carbons (Fsp3) is 0.0909. The highest BCUT2D eigenvalue weighted by atomic mass is 32.2. The van der Waals surface area contributed by atoms with Crippen LogP contribution in [0.1, 0.15) is 12.5 Å². The van der Waals surface area contributed by atoms with Crippen molar-refractivity contribution in [3.63, 3.8) is 0 Å². The molecule has 0 heterocycles. The molecule has 0 fully saturated rings. The Morgan fingerprint density at radius 2 is 2.07 bits per heavy atom. The van der Waals surface area contributed by atoms with Crippen molar-refractivity contribution in [2.75, 3.05) is 0 Å². The molecule has 0 aliphatic heterocycles. The van der Waals surface area contributed by atoms with Crippen LogP contribution in [0, 0.1) is 11.6 Å². The van der Waals surface area contributed by atoms with Gasteiger partial charge in [0, 0.05) is 0 Å². The highest BCUT2D eigenvalue weighted by Crippen LogP contribution is 2.21. The average molecular weight is 227 g/mol. The Bertz CT molecular complexity index is 413. The molecule has 1 aromatic rings. The monoisotopic (exact) mass is 227 g/mol. The Morgan fingerprint density at radius 3 is 2.60 bits per heavy atom. The molecule has 0 saturated carbocycles. The first-order chi connectivity index (χ1) is 7.00. The molecule has 0 radical (unpaired) electrons. The van der Waals surface area contributed by atoms with Crippen LogP contribution in [0.2, 0.25) is 0 Å². The number of rotatable bonds is 3. The van der Waals surface area contributed by atoms with Gasteiger partial charge in [0.1, 0.15) is 0 Å². The van der Waals surface area contributed by atoms with E-state index in [0.29, 0.717) is 10.6 Å². The molecule has 0 atom stereocenters. The van der Waals surface area contributed by atoms with E-state index in [9.17, 15) is 8.78 Å². The Labute approximate surface area is 91.7 Å². The molecule has 0 spiro atoms. The quantitative estimate of drug-likeness (QED) is 0.855. The minimum Gasteiger partial charge on any atom is -0.394 e. The largest absolute Gasteiger partial charge is 0.394 e. The Morgan fingerprint density at radius 1 is 1.40 bits per heavy atom. The van der Waals surface area contributed by atoms with Crippen LogP contribution in [0.5, 0.6) is 0 Å². The standard InChI is InChI=1S/C11H11F2NS/c1-7(6-15-8(2)14)9-3-4-10(12)11(13)5-9/h3-6H,2,14H2,1H3/b7-6+. The molecule has 0 unspecified atom stereocenters. The molecule has 0 aliphatic rings. The summed E-state index contributed by atoms with van der Waals surface area (Å²) in [7, 11) is 0. The highest BCUT2D eigenvalue weighted by molar-refractivity contribution is 8.05. The average Bonchev–Trinajstić information content (AvgIpc) is 2.18. The topological polar surface area (TPSA) is 26.0 Å². The van der Waals surface area contributed by atoms with Crippen molar-refractivity contribution >= 4 is 17.3 Å². The molecule has 0 aromatic heterocycles. The normalized spacial score (nSPS) is 11.5. The van der Waals surface area contributed by atoms with E-state index < -0.39 is 11.6 Å². The molecule has 1 rings (SSSR count). The summed E-state index contributed by atoms with van der Waals surface area (Å²) in [6, 6.07) is 3.77. The number of halogens is 2. The molecule has 15 heavy (non-hydrogen) atoms. The highest BCUT2D eigenvalue weighted by Gasteiger charge is 2.03. The predicted molar refractivity (Wildman–Crippen MR) is 60.9 cm³/mol. The van der Waals surface area contributed by atoms with E-state index in [0.717, 1.165) is 17.7 Å². The van der Waals surface area contributed by atoms with Crippen molar-refractivity contribution in [2.24, 2.45) is 5.73 Å². The van der Waals surface area contributed by atoms with E-state index in [-0.39, 0.29) is 0 Å². The number of allylic oxidation sites excluding steroid dienone is 1. The zero-order valence-corrected chi connectivity index (χ0v) is 9.07. The summed E-state index contributed by atoms with van der Waals surface area (Å²) in [5, 5.41) is 2.20. The van der Waals surface area contributed by atoms with Crippen LogP contribution in [0.3, 0.4) is 0 Å². The Hall–Kier alpha value is -1.29. The third-order valence-corrected chi connectivity index (χ3v) is 2.54. The van der Waals surface area contributed by atoms with Gasteiger partial charge in [-0.1, -0.05) is 24.4 Å². The summed E-state index contributed by atoms with van der Waals surface area (Å²) in [6.45, 7) is 5.31. The minimum absolute atomic E-state index is 0.455. The fourth-order valence-electron chi connectivity index (χ4n) is 0.974. The first-order valence-corrected chi connectivity index (χ1v) is 5.12. The van der Waals surface area contributed by atoms with Gasteiger partial charge in [-0.25, -0.2) is 8.78 Å².